The van der Waals surface area contributed by atoms with Crippen LogP contribution in [0.5, 0.6) is 5.75 Å². The van der Waals surface area contributed by atoms with Gasteiger partial charge in [-0.3, -0.25) is 4.79 Å². The summed E-state index contributed by atoms with van der Waals surface area (Å²) in [6.07, 6.45) is 1.55. The molecule has 1 rings (SSSR count). The summed E-state index contributed by atoms with van der Waals surface area (Å²) in [5, 5.41) is 6.26. The molecule has 2 atom stereocenters. The van der Waals surface area contributed by atoms with Gasteiger partial charge in [0.15, 0.2) is 6.10 Å². The lowest BCUT2D eigenvalue weighted by atomic mass is 10.2. The van der Waals surface area contributed by atoms with Crippen LogP contribution in [0, 0.1) is 0 Å². The molecule has 21 heavy (non-hydrogen) atoms. The molecule has 118 valence electrons. The van der Waals surface area contributed by atoms with Crippen molar-refractivity contribution in [2.24, 2.45) is 0 Å². The number of rotatable bonds is 9. The number of carbonyl (C=O) groups is 1. The van der Waals surface area contributed by atoms with Crippen LogP contribution in [0.25, 0.3) is 0 Å². The first-order chi connectivity index (χ1) is 10.1. The van der Waals surface area contributed by atoms with Gasteiger partial charge in [0.2, 0.25) is 0 Å². The molecular formula is C17H28N2O2. The Morgan fingerprint density at radius 2 is 1.95 bits per heavy atom. The van der Waals surface area contributed by atoms with Crippen LogP contribution in [0.15, 0.2) is 24.3 Å². The van der Waals surface area contributed by atoms with Gasteiger partial charge in [-0.05, 0) is 32.9 Å². The average Bonchev–Trinajstić information content (AvgIpc) is 2.46. The fraction of sp³-hybridized carbons (Fsp3) is 0.588. The summed E-state index contributed by atoms with van der Waals surface area (Å²) in [5.74, 6) is 0.707. The van der Waals surface area contributed by atoms with Crippen LogP contribution in [0.1, 0.15) is 46.1 Å². The smallest absolute Gasteiger partial charge is 0.260 e. The molecule has 0 heterocycles. The monoisotopic (exact) mass is 292 g/mol. The second-order valence-electron chi connectivity index (χ2n) is 5.35. The molecule has 0 spiro atoms. The van der Waals surface area contributed by atoms with E-state index >= 15 is 0 Å². The number of carbonyl (C=O) groups excluding carboxylic acids is 1. The SMILES string of the molecule is CCCC(C)NC(=O)C(C)Oc1ccccc1CNCC. The third kappa shape index (κ3) is 6.17. The zero-order valence-electron chi connectivity index (χ0n) is 13.6. The van der Waals surface area contributed by atoms with Gasteiger partial charge in [-0.25, -0.2) is 0 Å². The predicted molar refractivity (Wildman–Crippen MR) is 86.4 cm³/mol. The number of nitrogens with one attached hydrogen (secondary N) is 2. The largest absolute Gasteiger partial charge is 0.481 e. The van der Waals surface area contributed by atoms with Gasteiger partial charge >= 0.3 is 0 Å². The molecule has 1 aromatic carbocycles. The Morgan fingerprint density at radius 3 is 2.62 bits per heavy atom. The van der Waals surface area contributed by atoms with Gasteiger partial charge < -0.3 is 15.4 Å². The molecule has 0 radical (unpaired) electrons. The van der Waals surface area contributed by atoms with E-state index in [4.69, 9.17) is 4.74 Å². The lowest BCUT2D eigenvalue weighted by Gasteiger charge is -2.20. The van der Waals surface area contributed by atoms with Crippen molar-refractivity contribution in [3.8, 4) is 5.75 Å². The molecule has 4 nitrogen and oxygen atoms in total. The minimum absolute atomic E-state index is 0.0609. The minimum Gasteiger partial charge on any atom is -0.481 e. The van der Waals surface area contributed by atoms with Gasteiger partial charge in [-0.15, -0.1) is 0 Å². The highest BCUT2D eigenvalue weighted by atomic mass is 16.5. The normalized spacial score (nSPS) is 13.5. The van der Waals surface area contributed by atoms with E-state index in [1.165, 1.54) is 0 Å². The van der Waals surface area contributed by atoms with Crippen molar-refractivity contribution >= 4 is 5.91 Å². The molecule has 4 heteroatoms. The van der Waals surface area contributed by atoms with Gasteiger partial charge in [0, 0.05) is 18.2 Å². The van der Waals surface area contributed by atoms with Gasteiger partial charge in [0.05, 0.1) is 0 Å². The Kier molecular flexibility index (Phi) is 7.83. The summed E-state index contributed by atoms with van der Waals surface area (Å²) in [6, 6.07) is 8.02. The van der Waals surface area contributed by atoms with E-state index in [9.17, 15) is 4.79 Å². The van der Waals surface area contributed by atoms with Gasteiger partial charge in [0.25, 0.3) is 5.91 Å². The van der Waals surface area contributed by atoms with Crippen molar-refractivity contribution in [3.05, 3.63) is 29.8 Å². The maximum absolute atomic E-state index is 12.1. The standard InChI is InChI=1S/C17H28N2O2/c1-5-9-13(3)19-17(20)14(4)21-16-11-8-7-10-15(16)12-18-6-2/h7-8,10-11,13-14,18H,5-6,9,12H2,1-4H3,(H,19,20). The molecule has 2 N–H and O–H groups in total. The molecule has 2 unspecified atom stereocenters. The van der Waals surface area contributed by atoms with E-state index < -0.39 is 6.10 Å². The zero-order valence-corrected chi connectivity index (χ0v) is 13.6. The van der Waals surface area contributed by atoms with Crippen molar-refractivity contribution in [2.75, 3.05) is 6.54 Å². The molecule has 0 aliphatic heterocycles. The molecule has 1 aromatic rings. The average molecular weight is 292 g/mol. The fourth-order valence-electron chi connectivity index (χ4n) is 2.13. The summed E-state index contributed by atoms with van der Waals surface area (Å²) in [5.41, 5.74) is 1.07. The van der Waals surface area contributed by atoms with Gasteiger partial charge in [-0.1, -0.05) is 38.5 Å². The van der Waals surface area contributed by atoms with Crippen LogP contribution in [0.2, 0.25) is 0 Å². The van der Waals surface area contributed by atoms with E-state index in [1.807, 2.05) is 31.2 Å². The van der Waals surface area contributed by atoms with E-state index in [2.05, 4.69) is 24.5 Å². The highest BCUT2D eigenvalue weighted by Gasteiger charge is 2.17. The summed E-state index contributed by atoms with van der Waals surface area (Å²) in [6.45, 7) is 9.63. The number of ether oxygens (including phenoxy) is 1. The highest BCUT2D eigenvalue weighted by Crippen LogP contribution is 2.19. The van der Waals surface area contributed by atoms with E-state index in [-0.39, 0.29) is 11.9 Å². The predicted octanol–water partition coefficient (Wildman–Crippen LogP) is 2.87. The number of amides is 1. The second kappa shape index (κ2) is 9.40. The van der Waals surface area contributed by atoms with Crippen molar-refractivity contribution in [3.63, 3.8) is 0 Å². The Labute approximate surface area is 128 Å². The van der Waals surface area contributed by atoms with Gasteiger partial charge in [0.1, 0.15) is 5.75 Å². The van der Waals surface area contributed by atoms with Crippen LogP contribution in [0.3, 0.4) is 0 Å². The lowest BCUT2D eigenvalue weighted by Crippen LogP contribution is -2.41. The van der Waals surface area contributed by atoms with Crippen LogP contribution in [0.4, 0.5) is 0 Å². The Bertz CT molecular complexity index is 435. The summed E-state index contributed by atoms with van der Waals surface area (Å²) in [7, 11) is 0. The van der Waals surface area contributed by atoms with Crippen LogP contribution < -0.4 is 15.4 Å². The Balaban J connectivity index is 2.61. The highest BCUT2D eigenvalue weighted by molar-refractivity contribution is 5.81. The van der Waals surface area contributed by atoms with Crippen molar-refractivity contribution in [1.29, 1.82) is 0 Å². The van der Waals surface area contributed by atoms with E-state index in [0.29, 0.717) is 0 Å². The summed E-state index contributed by atoms with van der Waals surface area (Å²) >= 11 is 0. The van der Waals surface area contributed by atoms with Crippen molar-refractivity contribution in [1.82, 2.24) is 10.6 Å². The first-order valence-corrected chi connectivity index (χ1v) is 7.84. The molecule has 0 fully saturated rings. The minimum atomic E-state index is -0.493. The maximum atomic E-state index is 12.1. The molecule has 0 aliphatic rings. The number of hydrogen-bond donors (Lipinski definition) is 2. The number of hydrogen-bond acceptors (Lipinski definition) is 3. The van der Waals surface area contributed by atoms with Crippen LogP contribution >= 0.6 is 0 Å². The van der Waals surface area contributed by atoms with Crippen molar-refractivity contribution < 1.29 is 9.53 Å². The van der Waals surface area contributed by atoms with E-state index in [1.54, 1.807) is 6.92 Å². The lowest BCUT2D eigenvalue weighted by molar-refractivity contribution is -0.127. The second-order valence-corrected chi connectivity index (χ2v) is 5.35. The fourth-order valence-corrected chi connectivity index (χ4v) is 2.13. The molecule has 1 amide bonds. The first kappa shape index (κ1) is 17.5. The molecule has 0 aliphatic carbocycles. The number of para-hydroxylation sites is 1. The van der Waals surface area contributed by atoms with Gasteiger partial charge in [-0.2, -0.15) is 0 Å². The third-order valence-corrected chi connectivity index (χ3v) is 3.32. The molecular weight excluding hydrogens is 264 g/mol. The van der Waals surface area contributed by atoms with Crippen molar-refractivity contribution in [2.45, 2.75) is 59.2 Å². The topological polar surface area (TPSA) is 50.4 Å². The third-order valence-electron chi connectivity index (χ3n) is 3.32. The summed E-state index contributed by atoms with van der Waals surface area (Å²) < 4.78 is 5.83. The molecule has 0 aromatic heterocycles. The molecule has 0 bridgehead atoms. The summed E-state index contributed by atoms with van der Waals surface area (Å²) in [4.78, 5) is 12.1. The quantitative estimate of drug-likeness (QED) is 0.736. The Morgan fingerprint density at radius 1 is 1.24 bits per heavy atom. The van der Waals surface area contributed by atoms with Crippen LogP contribution in [-0.4, -0.2) is 24.6 Å². The molecule has 0 saturated heterocycles. The van der Waals surface area contributed by atoms with E-state index in [0.717, 1.165) is 37.2 Å². The van der Waals surface area contributed by atoms with Crippen LogP contribution in [-0.2, 0) is 11.3 Å². The number of benzene rings is 1. The molecule has 0 saturated carbocycles. The Hall–Kier alpha value is -1.55. The maximum Gasteiger partial charge on any atom is 0.260 e. The first-order valence-electron chi connectivity index (χ1n) is 7.84. The zero-order chi connectivity index (χ0) is 15.7.